The van der Waals surface area contributed by atoms with Gasteiger partial charge in [0.25, 0.3) is 0 Å². The van der Waals surface area contributed by atoms with Crippen molar-refractivity contribution in [3.8, 4) is 0 Å². The Bertz CT molecular complexity index is 240. The van der Waals surface area contributed by atoms with Crippen LogP contribution in [0.25, 0.3) is 0 Å². The molecular weight excluding hydrogens is 384 g/mol. The Morgan fingerprint density at radius 2 is 1.05 bits per heavy atom. The van der Waals surface area contributed by atoms with Gasteiger partial charge in [-0.15, -0.1) is 36.9 Å². The average molecular weight is 414 g/mol. The molecule has 0 saturated carbocycles. The monoisotopic (exact) mass is 412 g/mol. The van der Waals surface area contributed by atoms with Crippen LogP contribution in [0.2, 0.25) is 0 Å². The van der Waals surface area contributed by atoms with Crippen molar-refractivity contribution in [2.24, 2.45) is 0 Å². The number of halogens is 2. The van der Waals surface area contributed by atoms with Gasteiger partial charge in [0.15, 0.2) is 0 Å². The molecular formula is C16H30Cl2NPd-3. The van der Waals surface area contributed by atoms with Crippen molar-refractivity contribution in [3.05, 3.63) is 42.2 Å². The summed E-state index contributed by atoms with van der Waals surface area (Å²) in [7, 11) is 4.05. The number of hydrogen-bond donors (Lipinski definition) is 0. The molecule has 0 aliphatic carbocycles. The third kappa shape index (κ3) is 36.2. The van der Waals surface area contributed by atoms with Gasteiger partial charge in [-0.1, -0.05) is 5.69 Å². The molecule has 4 heteroatoms. The van der Waals surface area contributed by atoms with E-state index in [0.29, 0.717) is 0 Å². The van der Waals surface area contributed by atoms with Crippen molar-refractivity contribution < 1.29 is 20.4 Å². The minimum atomic E-state index is 0. The Labute approximate surface area is 153 Å². The Morgan fingerprint density at radius 1 is 0.800 bits per heavy atom. The van der Waals surface area contributed by atoms with Gasteiger partial charge in [-0.3, -0.25) is 0 Å². The normalized spacial score (nSPS) is 7.70. The van der Waals surface area contributed by atoms with Crippen LogP contribution in [0.4, 0.5) is 5.69 Å². The van der Waals surface area contributed by atoms with Gasteiger partial charge in [-0.05, 0) is 0 Å². The van der Waals surface area contributed by atoms with Crippen LogP contribution in [0.15, 0.2) is 24.3 Å². The number of benzene rings is 1. The summed E-state index contributed by atoms with van der Waals surface area (Å²) in [4.78, 5) is 2.06. The molecule has 126 valence electrons. The molecule has 1 aromatic rings. The zero-order valence-electron chi connectivity index (χ0n) is 13.9. The summed E-state index contributed by atoms with van der Waals surface area (Å²) < 4.78 is 0. The third-order valence-electron chi connectivity index (χ3n) is 1.22. The maximum atomic E-state index is 2.96. The van der Waals surface area contributed by atoms with E-state index in [1.807, 2.05) is 38.4 Å². The summed E-state index contributed by atoms with van der Waals surface area (Å²) in [5.74, 6) is 2.83. The molecule has 0 aromatic heterocycles. The minimum absolute atomic E-state index is 0. The Hall–Kier alpha value is 0.262. The summed E-state index contributed by atoms with van der Waals surface area (Å²) in [6, 6.07) is 10.8. The van der Waals surface area contributed by atoms with Crippen molar-refractivity contribution >= 4 is 30.5 Å². The SMILES string of the molecule is CN(C)c1cc[c-]cc1.C[C-](C)C.C[C-](C)C.Cl.Cl.[Pd]. The van der Waals surface area contributed by atoms with Crippen LogP contribution in [0.1, 0.15) is 41.5 Å². The first-order valence-corrected chi connectivity index (χ1v) is 5.94. The van der Waals surface area contributed by atoms with Crippen LogP contribution in [-0.4, -0.2) is 14.1 Å². The summed E-state index contributed by atoms with van der Waals surface area (Å²) in [6.07, 6.45) is 0. The molecule has 0 unspecified atom stereocenters. The molecule has 0 heterocycles. The Morgan fingerprint density at radius 3 is 1.20 bits per heavy atom. The summed E-state index contributed by atoms with van der Waals surface area (Å²) >= 11 is 0. The molecule has 20 heavy (non-hydrogen) atoms. The predicted molar refractivity (Wildman–Crippen MR) is 94.6 cm³/mol. The van der Waals surface area contributed by atoms with Gasteiger partial charge in [0.2, 0.25) is 0 Å². The number of rotatable bonds is 1. The molecule has 1 nitrogen and oxygen atoms in total. The number of nitrogens with zero attached hydrogens (tertiary/aromatic N) is 1. The smallest absolute Gasteiger partial charge is 0.00397 e. The third-order valence-corrected chi connectivity index (χ3v) is 1.22. The molecule has 1 aromatic carbocycles. The maximum absolute atomic E-state index is 2.96. The van der Waals surface area contributed by atoms with Crippen LogP contribution in [-0.2, 0) is 20.4 Å². The zero-order chi connectivity index (χ0) is 13.8. The van der Waals surface area contributed by atoms with E-state index >= 15 is 0 Å². The molecule has 0 fully saturated rings. The van der Waals surface area contributed by atoms with Crippen molar-refractivity contribution in [2.75, 3.05) is 19.0 Å². The van der Waals surface area contributed by atoms with Gasteiger partial charge in [0, 0.05) is 34.5 Å². The topological polar surface area (TPSA) is 3.24 Å². The first-order valence-electron chi connectivity index (χ1n) is 5.94. The maximum Gasteiger partial charge on any atom is 0.00397 e. The van der Waals surface area contributed by atoms with Crippen molar-refractivity contribution in [2.45, 2.75) is 41.5 Å². The summed E-state index contributed by atoms with van der Waals surface area (Å²) in [6.45, 7) is 12.5. The molecule has 0 aliphatic rings. The van der Waals surface area contributed by atoms with Gasteiger partial charge in [-0.25, -0.2) is 0 Å². The molecule has 0 bridgehead atoms. The molecule has 0 radical (unpaired) electrons. The molecule has 0 aliphatic heterocycles. The van der Waals surface area contributed by atoms with E-state index in [2.05, 4.69) is 52.5 Å². The molecule has 0 atom stereocenters. The molecule has 0 saturated heterocycles. The molecule has 0 spiro atoms. The van der Waals surface area contributed by atoms with Crippen LogP contribution in [0.3, 0.4) is 0 Å². The largest absolute Gasteiger partial charge is 0.399 e. The average Bonchev–Trinajstić information content (AvgIpc) is 2.17. The van der Waals surface area contributed by atoms with E-state index in [1.54, 1.807) is 0 Å². The van der Waals surface area contributed by atoms with Crippen molar-refractivity contribution in [3.63, 3.8) is 0 Å². The van der Waals surface area contributed by atoms with Crippen LogP contribution >= 0.6 is 24.8 Å². The first-order chi connectivity index (χ1) is 7.77. The van der Waals surface area contributed by atoms with Gasteiger partial charge < -0.3 is 16.7 Å². The van der Waals surface area contributed by atoms with Gasteiger partial charge in [0.05, 0.1) is 0 Å². The second-order valence-corrected chi connectivity index (χ2v) is 5.15. The number of anilines is 1. The van der Waals surface area contributed by atoms with E-state index in [1.165, 1.54) is 17.5 Å². The molecule has 0 amide bonds. The fourth-order valence-electron chi connectivity index (χ4n) is 0.676. The minimum Gasteiger partial charge on any atom is -0.399 e. The first kappa shape index (κ1) is 32.3. The van der Waals surface area contributed by atoms with Gasteiger partial charge in [0.1, 0.15) is 0 Å². The summed E-state index contributed by atoms with van der Waals surface area (Å²) in [5, 5.41) is 0. The fraction of sp³-hybridized carbons (Fsp3) is 0.500. The molecule has 1 rings (SSSR count). The fourth-order valence-corrected chi connectivity index (χ4v) is 0.676. The van der Waals surface area contributed by atoms with E-state index < -0.39 is 0 Å². The second kappa shape index (κ2) is 21.6. The van der Waals surface area contributed by atoms with Crippen LogP contribution in [0.5, 0.6) is 0 Å². The van der Waals surface area contributed by atoms with E-state index in [0.717, 1.165) is 0 Å². The number of hydrogen-bond acceptors (Lipinski definition) is 1. The van der Waals surface area contributed by atoms with Crippen LogP contribution in [0, 0.1) is 17.9 Å². The standard InChI is InChI=1S/C8H10N.2C4H9.2ClH.Pd/c1-9(2)8-6-4-3-5-7-8;2*1-4(2)3;;;/h4-7H,1-2H3;2*1-3H3;2*1H;/q3*-1;;;. The second-order valence-electron chi connectivity index (χ2n) is 5.15. The Balaban J connectivity index is -0.0000000597. The van der Waals surface area contributed by atoms with E-state index in [9.17, 15) is 0 Å². The van der Waals surface area contributed by atoms with Crippen molar-refractivity contribution in [1.82, 2.24) is 0 Å². The van der Waals surface area contributed by atoms with Crippen molar-refractivity contribution in [1.29, 1.82) is 0 Å². The van der Waals surface area contributed by atoms with E-state index in [4.69, 9.17) is 0 Å². The zero-order valence-corrected chi connectivity index (χ0v) is 17.1. The van der Waals surface area contributed by atoms with Crippen LogP contribution < -0.4 is 4.90 Å². The molecule has 0 N–H and O–H groups in total. The van der Waals surface area contributed by atoms with Gasteiger partial charge >= 0.3 is 0 Å². The summed E-state index contributed by atoms with van der Waals surface area (Å²) in [5.41, 5.74) is 1.22. The Kier molecular flexibility index (Phi) is 34.8. The quantitative estimate of drug-likeness (QED) is 0.426. The van der Waals surface area contributed by atoms with Gasteiger partial charge in [-0.2, -0.15) is 59.7 Å². The van der Waals surface area contributed by atoms with E-state index in [-0.39, 0.29) is 45.2 Å². The predicted octanol–water partition coefficient (Wildman–Crippen LogP) is 5.64.